The van der Waals surface area contributed by atoms with Crippen LogP contribution in [0.2, 0.25) is 0 Å². The first-order valence-corrected chi connectivity index (χ1v) is 9.34. The molecule has 3 aromatic carbocycles. The lowest BCUT2D eigenvalue weighted by Gasteiger charge is -2.09. The van der Waals surface area contributed by atoms with Gasteiger partial charge in [0, 0.05) is 0 Å². The molecule has 0 aromatic heterocycles. The number of aryl methyl sites for hydroxylation is 1. The minimum atomic E-state index is -4.30. The fraction of sp³-hybridized carbons (Fsp3) is 0.250. The van der Waals surface area contributed by atoms with Crippen LogP contribution in [0.15, 0.2) is 72.8 Å². The normalized spacial score (nSPS) is 11.6. The molecule has 0 N–H and O–H groups in total. The first kappa shape index (κ1) is 19.2. The number of rotatable bonds is 6. The molecule has 3 aromatic rings. The van der Waals surface area contributed by atoms with E-state index >= 15 is 0 Å². The van der Waals surface area contributed by atoms with Gasteiger partial charge in [-0.25, -0.2) is 0 Å². The number of halogens is 3. The Morgan fingerprint density at radius 2 is 1.00 bits per heavy atom. The number of hydrogen-bond donors (Lipinski definition) is 0. The van der Waals surface area contributed by atoms with Crippen molar-refractivity contribution in [1.82, 2.24) is 0 Å². The molecule has 0 saturated carbocycles. The molecule has 0 radical (unpaired) electrons. The minimum absolute atomic E-state index is 0.623. The largest absolute Gasteiger partial charge is 0.416 e. The van der Waals surface area contributed by atoms with Gasteiger partial charge in [0.25, 0.3) is 0 Å². The summed E-state index contributed by atoms with van der Waals surface area (Å²) in [5.74, 6) is 0. The van der Waals surface area contributed by atoms with Gasteiger partial charge in [-0.1, -0.05) is 80.4 Å². The molecule has 27 heavy (non-hydrogen) atoms. The van der Waals surface area contributed by atoms with E-state index in [4.69, 9.17) is 0 Å². The van der Waals surface area contributed by atoms with E-state index in [1.54, 1.807) is 0 Å². The average molecular weight is 368 g/mol. The van der Waals surface area contributed by atoms with Gasteiger partial charge in [-0.15, -0.1) is 0 Å². The van der Waals surface area contributed by atoms with Crippen LogP contribution in [0.5, 0.6) is 0 Å². The molecule has 3 heteroatoms. The van der Waals surface area contributed by atoms with Gasteiger partial charge in [0.05, 0.1) is 5.56 Å². The van der Waals surface area contributed by atoms with Crippen LogP contribution in [-0.4, -0.2) is 0 Å². The Bertz CT molecular complexity index is 842. The van der Waals surface area contributed by atoms with Crippen LogP contribution < -0.4 is 0 Å². The topological polar surface area (TPSA) is 0 Å². The second-order valence-corrected chi connectivity index (χ2v) is 6.81. The second kappa shape index (κ2) is 8.43. The fourth-order valence-electron chi connectivity index (χ4n) is 3.15. The van der Waals surface area contributed by atoms with Gasteiger partial charge in [0.2, 0.25) is 0 Å². The van der Waals surface area contributed by atoms with Crippen molar-refractivity contribution >= 4 is 0 Å². The molecule has 0 atom stereocenters. The van der Waals surface area contributed by atoms with Crippen molar-refractivity contribution in [2.45, 2.75) is 38.8 Å². The van der Waals surface area contributed by atoms with Crippen LogP contribution in [0.25, 0.3) is 22.3 Å². The summed E-state index contributed by atoms with van der Waals surface area (Å²) in [7, 11) is 0. The molecule has 0 amide bonds. The third kappa shape index (κ3) is 5.00. The zero-order chi connectivity index (χ0) is 19.3. The van der Waals surface area contributed by atoms with Gasteiger partial charge in [-0.05, 0) is 52.8 Å². The van der Waals surface area contributed by atoms with E-state index in [1.165, 1.54) is 37.0 Å². The van der Waals surface area contributed by atoms with Crippen molar-refractivity contribution in [3.8, 4) is 22.3 Å². The van der Waals surface area contributed by atoms with E-state index < -0.39 is 11.7 Å². The lowest BCUT2D eigenvalue weighted by atomic mass is 9.98. The van der Waals surface area contributed by atoms with Gasteiger partial charge in [-0.3, -0.25) is 0 Å². The van der Waals surface area contributed by atoms with Gasteiger partial charge in [0.1, 0.15) is 0 Å². The number of unbranched alkanes of at least 4 members (excludes halogenated alkanes) is 2. The highest BCUT2D eigenvalue weighted by Crippen LogP contribution is 2.31. The van der Waals surface area contributed by atoms with Crippen molar-refractivity contribution < 1.29 is 13.2 Å². The highest BCUT2D eigenvalue weighted by atomic mass is 19.4. The zero-order valence-electron chi connectivity index (χ0n) is 15.4. The number of hydrogen-bond acceptors (Lipinski definition) is 0. The van der Waals surface area contributed by atoms with Crippen molar-refractivity contribution in [3.05, 3.63) is 83.9 Å². The SMILES string of the molecule is CCCCCc1ccc(-c2ccc(-c3ccc(C(F)(F)F)cc3)cc2)cc1. The van der Waals surface area contributed by atoms with Gasteiger partial charge in [0.15, 0.2) is 0 Å². The molecule has 0 aliphatic heterocycles. The van der Waals surface area contributed by atoms with Crippen LogP contribution in [-0.2, 0) is 12.6 Å². The summed E-state index contributed by atoms with van der Waals surface area (Å²) in [6.45, 7) is 2.21. The maximum atomic E-state index is 12.7. The number of alkyl halides is 3. The molecule has 0 unspecified atom stereocenters. The summed E-state index contributed by atoms with van der Waals surface area (Å²) in [5, 5.41) is 0. The van der Waals surface area contributed by atoms with Crippen LogP contribution in [0.4, 0.5) is 13.2 Å². The third-order valence-corrected chi connectivity index (χ3v) is 4.79. The highest BCUT2D eigenvalue weighted by Gasteiger charge is 2.29. The Morgan fingerprint density at radius 1 is 0.593 bits per heavy atom. The summed E-state index contributed by atoms with van der Waals surface area (Å²) in [5.41, 5.74) is 4.67. The van der Waals surface area contributed by atoms with Crippen molar-refractivity contribution in [2.75, 3.05) is 0 Å². The summed E-state index contributed by atoms with van der Waals surface area (Å²) in [6, 6.07) is 21.8. The summed E-state index contributed by atoms with van der Waals surface area (Å²) in [4.78, 5) is 0. The van der Waals surface area contributed by atoms with Crippen molar-refractivity contribution in [2.24, 2.45) is 0 Å². The average Bonchev–Trinajstić information content (AvgIpc) is 2.68. The summed E-state index contributed by atoms with van der Waals surface area (Å²) >= 11 is 0. The monoisotopic (exact) mass is 368 g/mol. The molecule has 0 saturated heterocycles. The van der Waals surface area contributed by atoms with Crippen LogP contribution in [0.1, 0.15) is 37.3 Å². The highest BCUT2D eigenvalue weighted by molar-refractivity contribution is 5.70. The maximum Gasteiger partial charge on any atom is 0.416 e. The lowest BCUT2D eigenvalue weighted by molar-refractivity contribution is -0.137. The maximum absolute atomic E-state index is 12.7. The van der Waals surface area contributed by atoms with Crippen LogP contribution >= 0.6 is 0 Å². The predicted molar refractivity (Wildman–Crippen MR) is 106 cm³/mol. The molecule has 0 aliphatic rings. The molecule has 0 nitrogen and oxygen atoms in total. The van der Waals surface area contributed by atoms with E-state index in [9.17, 15) is 13.2 Å². The van der Waals surface area contributed by atoms with E-state index in [0.29, 0.717) is 0 Å². The Balaban J connectivity index is 1.71. The molecule has 0 spiro atoms. The third-order valence-electron chi connectivity index (χ3n) is 4.79. The van der Waals surface area contributed by atoms with Gasteiger partial charge in [-0.2, -0.15) is 13.2 Å². The minimum Gasteiger partial charge on any atom is -0.166 e. The van der Waals surface area contributed by atoms with Gasteiger partial charge < -0.3 is 0 Å². The second-order valence-electron chi connectivity index (χ2n) is 6.81. The molecule has 0 aliphatic carbocycles. The summed E-state index contributed by atoms with van der Waals surface area (Å²) in [6.07, 6.45) is 0.514. The Hall–Kier alpha value is -2.55. The summed E-state index contributed by atoms with van der Waals surface area (Å²) < 4.78 is 38.0. The first-order valence-electron chi connectivity index (χ1n) is 9.34. The van der Waals surface area contributed by atoms with Gasteiger partial charge >= 0.3 is 6.18 Å². The zero-order valence-corrected chi connectivity index (χ0v) is 15.4. The Labute approximate surface area is 158 Å². The van der Waals surface area contributed by atoms with E-state index in [0.717, 1.165) is 40.8 Å². The fourth-order valence-corrected chi connectivity index (χ4v) is 3.15. The smallest absolute Gasteiger partial charge is 0.166 e. The molecular weight excluding hydrogens is 345 g/mol. The van der Waals surface area contributed by atoms with Crippen molar-refractivity contribution in [1.29, 1.82) is 0 Å². The molecule has 0 heterocycles. The Morgan fingerprint density at radius 3 is 1.41 bits per heavy atom. The predicted octanol–water partition coefficient (Wildman–Crippen LogP) is 7.77. The number of benzene rings is 3. The Kier molecular flexibility index (Phi) is 6.00. The quantitative estimate of drug-likeness (QED) is 0.390. The molecule has 0 bridgehead atoms. The molecular formula is C24H23F3. The molecule has 0 fully saturated rings. The van der Waals surface area contributed by atoms with Crippen molar-refractivity contribution in [3.63, 3.8) is 0 Å². The molecule has 140 valence electrons. The van der Waals surface area contributed by atoms with E-state index in [2.05, 4.69) is 31.2 Å². The van der Waals surface area contributed by atoms with Crippen LogP contribution in [0, 0.1) is 0 Å². The standard InChI is InChI=1S/C24H23F3/c1-2-3-4-5-18-6-8-19(9-7-18)20-10-12-21(13-11-20)22-14-16-23(17-15-22)24(25,26)27/h6-17H,2-5H2,1H3. The molecule has 3 rings (SSSR count). The first-order chi connectivity index (χ1) is 13.0. The van der Waals surface area contributed by atoms with E-state index in [-0.39, 0.29) is 0 Å². The van der Waals surface area contributed by atoms with E-state index in [1.807, 2.05) is 24.3 Å². The lowest BCUT2D eigenvalue weighted by Crippen LogP contribution is -2.03. The van der Waals surface area contributed by atoms with Crippen LogP contribution in [0.3, 0.4) is 0 Å².